The molecule has 0 saturated carbocycles. The van der Waals surface area contributed by atoms with Crippen molar-refractivity contribution in [1.82, 2.24) is 4.90 Å². The van der Waals surface area contributed by atoms with E-state index in [0.29, 0.717) is 28.9 Å². The zero-order chi connectivity index (χ0) is 20.8. The third kappa shape index (κ3) is 4.99. The van der Waals surface area contributed by atoms with Gasteiger partial charge < -0.3 is 15.3 Å². The normalized spacial score (nSPS) is 10.1. The van der Waals surface area contributed by atoms with Crippen LogP contribution >= 0.6 is 0 Å². The molecule has 0 heterocycles. The minimum atomic E-state index is -0.333. The molecule has 0 radical (unpaired) electrons. The topological polar surface area (TPSA) is 93.4 Å². The SMILES string of the molecule is CN(Cc1ccc(C#N)cc1)C(=O)c1ccc(C(=O)Nc2cccc(O)c2)cc1. The van der Waals surface area contributed by atoms with Gasteiger partial charge in [-0.1, -0.05) is 18.2 Å². The highest BCUT2D eigenvalue weighted by Crippen LogP contribution is 2.17. The Balaban J connectivity index is 1.64. The van der Waals surface area contributed by atoms with E-state index in [1.165, 1.54) is 12.1 Å². The molecule has 0 unspecified atom stereocenters. The molecule has 0 bridgehead atoms. The van der Waals surface area contributed by atoms with Crippen LogP contribution in [0.3, 0.4) is 0 Å². The summed E-state index contributed by atoms with van der Waals surface area (Å²) in [6.45, 7) is 0.407. The lowest BCUT2D eigenvalue weighted by Crippen LogP contribution is -2.26. The van der Waals surface area contributed by atoms with E-state index in [2.05, 4.69) is 11.4 Å². The molecule has 0 aliphatic rings. The van der Waals surface area contributed by atoms with Crippen molar-refractivity contribution in [1.29, 1.82) is 5.26 Å². The number of rotatable bonds is 5. The third-order valence-electron chi connectivity index (χ3n) is 4.35. The maximum absolute atomic E-state index is 12.6. The van der Waals surface area contributed by atoms with Crippen LogP contribution in [0, 0.1) is 11.3 Å². The molecule has 2 N–H and O–H groups in total. The molecule has 2 amide bonds. The number of aromatic hydroxyl groups is 1. The van der Waals surface area contributed by atoms with E-state index in [1.807, 2.05) is 12.1 Å². The highest BCUT2D eigenvalue weighted by molar-refractivity contribution is 6.05. The van der Waals surface area contributed by atoms with Gasteiger partial charge in [-0.3, -0.25) is 9.59 Å². The van der Waals surface area contributed by atoms with Crippen LogP contribution in [0.2, 0.25) is 0 Å². The number of phenolic OH excluding ortho intramolecular Hbond substituents is 1. The Morgan fingerprint density at radius 3 is 2.28 bits per heavy atom. The highest BCUT2D eigenvalue weighted by Gasteiger charge is 2.14. The van der Waals surface area contributed by atoms with Crippen LogP contribution in [0.1, 0.15) is 31.8 Å². The van der Waals surface area contributed by atoms with Crippen molar-refractivity contribution in [2.24, 2.45) is 0 Å². The number of benzene rings is 3. The average molecular weight is 385 g/mol. The molecule has 0 saturated heterocycles. The highest BCUT2D eigenvalue weighted by atomic mass is 16.3. The number of nitrogens with zero attached hydrogens (tertiary/aromatic N) is 2. The van der Waals surface area contributed by atoms with Crippen LogP contribution in [0.4, 0.5) is 5.69 Å². The van der Waals surface area contributed by atoms with Gasteiger partial charge in [-0.25, -0.2) is 0 Å². The molecule has 0 aromatic heterocycles. The molecule has 6 nitrogen and oxygen atoms in total. The molecule has 0 aliphatic heterocycles. The Morgan fingerprint density at radius 2 is 1.66 bits per heavy atom. The van der Waals surface area contributed by atoms with Gasteiger partial charge >= 0.3 is 0 Å². The summed E-state index contributed by atoms with van der Waals surface area (Å²) < 4.78 is 0. The first-order valence-electron chi connectivity index (χ1n) is 8.91. The van der Waals surface area contributed by atoms with E-state index in [1.54, 1.807) is 60.5 Å². The number of anilines is 1. The first kappa shape index (κ1) is 19.6. The van der Waals surface area contributed by atoms with Crippen LogP contribution in [0.5, 0.6) is 5.75 Å². The van der Waals surface area contributed by atoms with Crippen LogP contribution in [-0.4, -0.2) is 28.9 Å². The Kier molecular flexibility index (Phi) is 5.91. The number of carbonyl (C=O) groups excluding carboxylic acids is 2. The van der Waals surface area contributed by atoms with Crippen molar-refractivity contribution < 1.29 is 14.7 Å². The van der Waals surface area contributed by atoms with Crippen molar-refractivity contribution in [3.63, 3.8) is 0 Å². The van der Waals surface area contributed by atoms with Crippen molar-refractivity contribution in [2.75, 3.05) is 12.4 Å². The van der Waals surface area contributed by atoms with E-state index in [-0.39, 0.29) is 17.6 Å². The second-order valence-electron chi connectivity index (χ2n) is 6.55. The molecule has 29 heavy (non-hydrogen) atoms. The lowest BCUT2D eigenvalue weighted by atomic mass is 10.1. The van der Waals surface area contributed by atoms with E-state index in [4.69, 9.17) is 5.26 Å². The summed E-state index contributed by atoms with van der Waals surface area (Å²) in [5, 5.41) is 21.0. The smallest absolute Gasteiger partial charge is 0.255 e. The van der Waals surface area contributed by atoms with E-state index < -0.39 is 0 Å². The van der Waals surface area contributed by atoms with Gasteiger partial charge in [0.1, 0.15) is 5.75 Å². The lowest BCUT2D eigenvalue weighted by molar-refractivity contribution is 0.0784. The third-order valence-corrected chi connectivity index (χ3v) is 4.35. The van der Waals surface area contributed by atoms with Gasteiger partial charge in [-0.15, -0.1) is 0 Å². The van der Waals surface area contributed by atoms with Gasteiger partial charge in [0.05, 0.1) is 11.6 Å². The molecule has 3 rings (SSSR count). The summed E-state index contributed by atoms with van der Waals surface area (Å²) >= 11 is 0. The molecule has 3 aromatic rings. The summed E-state index contributed by atoms with van der Waals surface area (Å²) in [6, 6.07) is 21.8. The molecule has 3 aromatic carbocycles. The molecular weight excluding hydrogens is 366 g/mol. The number of phenols is 1. The van der Waals surface area contributed by atoms with Gasteiger partial charge in [0.25, 0.3) is 11.8 Å². The second-order valence-corrected chi connectivity index (χ2v) is 6.55. The van der Waals surface area contributed by atoms with Crippen molar-refractivity contribution in [2.45, 2.75) is 6.54 Å². The zero-order valence-electron chi connectivity index (χ0n) is 15.8. The van der Waals surface area contributed by atoms with Gasteiger partial charge in [0.2, 0.25) is 0 Å². The van der Waals surface area contributed by atoms with Crippen LogP contribution < -0.4 is 5.32 Å². The number of amides is 2. The fourth-order valence-electron chi connectivity index (χ4n) is 2.80. The molecule has 0 spiro atoms. The van der Waals surface area contributed by atoms with Gasteiger partial charge in [-0.2, -0.15) is 5.26 Å². The Hall–Kier alpha value is -4.11. The largest absolute Gasteiger partial charge is 0.508 e. The zero-order valence-corrected chi connectivity index (χ0v) is 15.8. The summed E-state index contributed by atoms with van der Waals surface area (Å²) in [5.41, 5.74) is 2.84. The quantitative estimate of drug-likeness (QED) is 0.699. The van der Waals surface area contributed by atoms with Crippen molar-refractivity contribution >= 4 is 17.5 Å². The van der Waals surface area contributed by atoms with Crippen LogP contribution in [-0.2, 0) is 6.54 Å². The van der Waals surface area contributed by atoms with Crippen molar-refractivity contribution in [3.8, 4) is 11.8 Å². The molecule has 6 heteroatoms. The number of nitriles is 1. The van der Waals surface area contributed by atoms with Gasteiger partial charge in [0.15, 0.2) is 0 Å². The molecule has 0 atom stereocenters. The average Bonchev–Trinajstić information content (AvgIpc) is 2.74. The van der Waals surface area contributed by atoms with Gasteiger partial charge in [0, 0.05) is 36.5 Å². The maximum atomic E-state index is 12.6. The van der Waals surface area contributed by atoms with Crippen molar-refractivity contribution in [3.05, 3.63) is 95.1 Å². The van der Waals surface area contributed by atoms with Crippen LogP contribution in [0.15, 0.2) is 72.8 Å². The minimum absolute atomic E-state index is 0.0639. The number of hydrogen-bond donors (Lipinski definition) is 2. The summed E-state index contributed by atoms with van der Waals surface area (Å²) in [4.78, 5) is 26.5. The summed E-state index contributed by atoms with van der Waals surface area (Å²) in [7, 11) is 1.70. The number of carbonyl (C=O) groups is 2. The first-order valence-corrected chi connectivity index (χ1v) is 8.91. The number of hydrogen-bond acceptors (Lipinski definition) is 4. The monoisotopic (exact) mass is 385 g/mol. The number of nitrogens with one attached hydrogen (secondary N) is 1. The molecule has 0 fully saturated rings. The Morgan fingerprint density at radius 1 is 1.00 bits per heavy atom. The van der Waals surface area contributed by atoms with Crippen LogP contribution in [0.25, 0.3) is 0 Å². The van der Waals surface area contributed by atoms with E-state index >= 15 is 0 Å². The molecule has 144 valence electrons. The molecule has 0 aliphatic carbocycles. The maximum Gasteiger partial charge on any atom is 0.255 e. The summed E-state index contributed by atoms with van der Waals surface area (Å²) in [6.07, 6.45) is 0. The van der Waals surface area contributed by atoms with Gasteiger partial charge in [-0.05, 0) is 54.1 Å². The standard InChI is InChI=1S/C23H19N3O3/c1-26(15-17-7-5-16(14-24)6-8-17)23(29)19-11-9-18(10-12-19)22(28)25-20-3-2-4-21(27)13-20/h2-13,27H,15H2,1H3,(H,25,28). The Bertz CT molecular complexity index is 1070. The molecular formula is C23H19N3O3. The Labute approximate surface area is 168 Å². The fraction of sp³-hybridized carbons (Fsp3) is 0.0870. The summed E-state index contributed by atoms with van der Waals surface area (Å²) in [5.74, 6) is -0.441. The van der Waals surface area contributed by atoms with E-state index in [9.17, 15) is 14.7 Å². The second kappa shape index (κ2) is 8.72. The van der Waals surface area contributed by atoms with E-state index in [0.717, 1.165) is 5.56 Å². The first-order chi connectivity index (χ1) is 14.0. The lowest BCUT2D eigenvalue weighted by Gasteiger charge is -2.17. The minimum Gasteiger partial charge on any atom is -0.508 e. The predicted octanol–water partition coefficient (Wildman–Crippen LogP) is 3.79. The predicted molar refractivity (Wildman–Crippen MR) is 109 cm³/mol. The fourth-order valence-corrected chi connectivity index (χ4v) is 2.80.